The number of carbonyl (C=O) groups excluding carboxylic acids is 2. The lowest BCUT2D eigenvalue weighted by molar-refractivity contribution is -0.133. The molecule has 0 heterocycles. The minimum atomic E-state index is -2.60. The fourth-order valence-corrected chi connectivity index (χ4v) is 2.95. The Balaban J connectivity index is 1.90. The van der Waals surface area contributed by atoms with Gasteiger partial charge in [0.05, 0.1) is 13.2 Å². The molecule has 6 heteroatoms. The molecule has 2 rings (SSSR count). The third-order valence-corrected chi connectivity index (χ3v) is 4.26. The Kier molecular flexibility index (Phi) is 6.85. The lowest BCUT2D eigenvalue weighted by Crippen LogP contribution is -2.37. The maximum Gasteiger partial charge on any atom is 0.255 e. The SMILES string of the molecule is COCCN(CC(F)F)C(=O)CCC(=O)c1ccc2c(c1)CCC2. The highest BCUT2D eigenvalue weighted by molar-refractivity contribution is 5.98. The number of halogens is 2. The molecular weight excluding hydrogens is 316 g/mol. The van der Waals surface area contributed by atoms with Crippen LogP contribution in [-0.2, 0) is 22.4 Å². The van der Waals surface area contributed by atoms with Crippen molar-refractivity contribution in [2.24, 2.45) is 0 Å². The monoisotopic (exact) mass is 339 g/mol. The molecule has 0 N–H and O–H groups in total. The molecule has 1 amide bonds. The van der Waals surface area contributed by atoms with Crippen LogP contribution in [0.1, 0.15) is 40.7 Å². The van der Waals surface area contributed by atoms with Crippen LogP contribution >= 0.6 is 0 Å². The summed E-state index contributed by atoms with van der Waals surface area (Å²) in [6.07, 6.45) is 0.502. The fourth-order valence-electron chi connectivity index (χ4n) is 2.95. The highest BCUT2D eigenvalue weighted by Crippen LogP contribution is 2.23. The highest BCUT2D eigenvalue weighted by atomic mass is 19.3. The van der Waals surface area contributed by atoms with Gasteiger partial charge in [-0.1, -0.05) is 12.1 Å². The molecule has 1 aromatic carbocycles. The number of benzene rings is 1. The maximum absolute atomic E-state index is 12.6. The molecule has 0 fully saturated rings. The van der Waals surface area contributed by atoms with Crippen molar-refractivity contribution in [3.63, 3.8) is 0 Å². The summed E-state index contributed by atoms with van der Waals surface area (Å²) in [5.41, 5.74) is 3.08. The lowest BCUT2D eigenvalue weighted by atomic mass is 10.0. The minimum absolute atomic E-state index is 0.0321. The van der Waals surface area contributed by atoms with Crippen LogP contribution in [-0.4, -0.2) is 49.8 Å². The zero-order valence-electron chi connectivity index (χ0n) is 13.9. The van der Waals surface area contributed by atoms with Crippen LogP contribution in [0.2, 0.25) is 0 Å². The number of amides is 1. The highest BCUT2D eigenvalue weighted by Gasteiger charge is 2.20. The number of alkyl halides is 2. The average molecular weight is 339 g/mol. The van der Waals surface area contributed by atoms with E-state index >= 15 is 0 Å². The molecule has 132 valence electrons. The van der Waals surface area contributed by atoms with E-state index in [1.165, 1.54) is 18.2 Å². The van der Waals surface area contributed by atoms with E-state index in [-0.39, 0.29) is 31.8 Å². The quantitative estimate of drug-likeness (QED) is 0.650. The number of hydrogen-bond donors (Lipinski definition) is 0. The second kappa shape index (κ2) is 8.87. The van der Waals surface area contributed by atoms with Gasteiger partial charge in [0.15, 0.2) is 5.78 Å². The van der Waals surface area contributed by atoms with Crippen molar-refractivity contribution in [2.75, 3.05) is 26.8 Å². The molecule has 24 heavy (non-hydrogen) atoms. The second-order valence-corrected chi connectivity index (χ2v) is 5.98. The van der Waals surface area contributed by atoms with Gasteiger partial charge >= 0.3 is 0 Å². The summed E-state index contributed by atoms with van der Waals surface area (Å²) >= 11 is 0. The molecule has 0 radical (unpaired) electrons. The van der Waals surface area contributed by atoms with Gasteiger partial charge < -0.3 is 9.64 Å². The van der Waals surface area contributed by atoms with E-state index in [2.05, 4.69) is 0 Å². The summed E-state index contributed by atoms with van der Waals surface area (Å²) in [5, 5.41) is 0. The van der Waals surface area contributed by atoms with Crippen LogP contribution in [0.25, 0.3) is 0 Å². The van der Waals surface area contributed by atoms with Gasteiger partial charge in [0.1, 0.15) is 0 Å². The van der Waals surface area contributed by atoms with E-state index in [0.29, 0.717) is 5.56 Å². The van der Waals surface area contributed by atoms with Gasteiger partial charge in [-0.25, -0.2) is 8.78 Å². The van der Waals surface area contributed by atoms with E-state index in [1.54, 1.807) is 6.07 Å². The summed E-state index contributed by atoms with van der Waals surface area (Å²) in [6, 6.07) is 5.66. The molecule has 1 aromatic rings. The Morgan fingerprint density at radius 3 is 2.67 bits per heavy atom. The third-order valence-electron chi connectivity index (χ3n) is 4.26. The van der Waals surface area contributed by atoms with Crippen LogP contribution in [0.5, 0.6) is 0 Å². The number of rotatable bonds is 9. The van der Waals surface area contributed by atoms with Crippen molar-refractivity contribution in [1.82, 2.24) is 4.90 Å². The Labute approximate surface area is 140 Å². The van der Waals surface area contributed by atoms with Crippen LogP contribution < -0.4 is 0 Å². The molecule has 1 aliphatic carbocycles. The Morgan fingerprint density at radius 2 is 1.96 bits per heavy atom. The Bertz CT molecular complexity index is 590. The van der Waals surface area contributed by atoms with E-state index in [4.69, 9.17) is 4.74 Å². The molecule has 0 aliphatic heterocycles. The summed E-state index contributed by atoms with van der Waals surface area (Å²) < 4.78 is 30.0. The van der Waals surface area contributed by atoms with Crippen LogP contribution in [0.4, 0.5) is 8.78 Å². The summed E-state index contributed by atoms with van der Waals surface area (Å²) in [4.78, 5) is 25.4. The molecular formula is C18H23F2NO3. The summed E-state index contributed by atoms with van der Waals surface area (Å²) in [5.74, 6) is -0.566. The van der Waals surface area contributed by atoms with Gasteiger partial charge in [0.2, 0.25) is 5.91 Å². The van der Waals surface area contributed by atoms with Crippen molar-refractivity contribution in [3.05, 3.63) is 34.9 Å². The first kappa shape index (κ1) is 18.5. The van der Waals surface area contributed by atoms with Crippen molar-refractivity contribution >= 4 is 11.7 Å². The number of fused-ring (bicyclic) bond motifs is 1. The van der Waals surface area contributed by atoms with Gasteiger partial charge in [-0.05, 0) is 36.5 Å². The van der Waals surface area contributed by atoms with Crippen LogP contribution in [0.3, 0.4) is 0 Å². The molecule has 0 atom stereocenters. The summed E-state index contributed by atoms with van der Waals surface area (Å²) in [7, 11) is 1.45. The van der Waals surface area contributed by atoms with Crippen molar-refractivity contribution < 1.29 is 23.1 Å². The number of Topliss-reactive ketones (excluding diaryl/α,β-unsaturated/α-hetero) is 1. The molecule has 0 spiro atoms. The molecule has 1 aliphatic rings. The number of ketones is 1. The fraction of sp³-hybridized carbons (Fsp3) is 0.556. The maximum atomic E-state index is 12.6. The molecule has 0 saturated carbocycles. The van der Waals surface area contributed by atoms with Gasteiger partial charge in [0.25, 0.3) is 6.43 Å². The van der Waals surface area contributed by atoms with Crippen molar-refractivity contribution in [3.8, 4) is 0 Å². The van der Waals surface area contributed by atoms with Crippen LogP contribution in [0.15, 0.2) is 18.2 Å². The van der Waals surface area contributed by atoms with Gasteiger partial charge in [-0.15, -0.1) is 0 Å². The largest absolute Gasteiger partial charge is 0.383 e. The minimum Gasteiger partial charge on any atom is -0.383 e. The number of nitrogens with zero attached hydrogens (tertiary/aromatic N) is 1. The molecule has 0 aromatic heterocycles. The number of aryl methyl sites for hydroxylation is 2. The van der Waals surface area contributed by atoms with Crippen LogP contribution in [0, 0.1) is 0 Å². The van der Waals surface area contributed by atoms with Crippen molar-refractivity contribution in [2.45, 2.75) is 38.5 Å². The van der Waals surface area contributed by atoms with E-state index in [1.807, 2.05) is 12.1 Å². The van der Waals surface area contributed by atoms with E-state index < -0.39 is 18.9 Å². The first-order valence-corrected chi connectivity index (χ1v) is 8.21. The molecule has 4 nitrogen and oxygen atoms in total. The summed E-state index contributed by atoms with van der Waals surface area (Å²) in [6.45, 7) is -0.334. The zero-order chi connectivity index (χ0) is 17.5. The number of hydrogen-bond acceptors (Lipinski definition) is 3. The first-order chi connectivity index (χ1) is 11.5. The number of methoxy groups -OCH3 is 1. The molecule has 0 saturated heterocycles. The zero-order valence-corrected chi connectivity index (χ0v) is 13.9. The topological polar surface area (TPSA) is 46.6 Å². The van der Waals surface area contributed by atoms with Gasteiger partial charge in [-0.2, -0.15) is 0 Å². The van der Waals surface area contributed by atoms with Crippen molar-refractivity contribution in [1.29, 1.82) is 0 Å². The number of ether oxygens (including phenoxy) is 1. The van der Waals surface area contributed by atoms with E-state index in [9.17, 15) is 18.4 Å². The predicted molar refractivity (Wildman–Crippen MR) is 86.5 cm³/mol. The Morgan fingerprint density at radius 1 is 1.21 bits per heavy atom. The third kappa shape index (κ3) is 5.09. The average Bonchev–Trinajstić information content (AvgIpc) is 3.03. The normalized spacial score (nSPS) is 13.2. The second-order valence-electron chi connectivity index (χ2n) is 5.98. The van der Waals surface area contributed by atoms with Gasteiger partial charge in [0, 0.05) is 32.1 Å². The smallest absolute Gasteiger partial charge is 0.255 e. The molecule has 0 unspecified atom stereocenters. The number of carbonyl (C=O) groups is 2. The van der Waals surface area contributed by atoms with Gasteiger partial charge in [-0.3, -0.25) is 9.59 Å². The standard InChI is InChI=1S/C18H23F2NO3/c1-24-10-9-21(12-17(19)20)18(23)8-7-16(22)15-6-5-13-3-2-4-14(13)11-15/h5-6,11,17H,2-4,7-10,12H2,1H3. The first-order valence-electron chi connectivity index (χ1n) is 8.21. The van der Waals surface area contributed by atoms with E-state index in [0.717, 1.165) is 24.2 Å². The molecule has 0 bridgehead atoms. The predicted octanol–water partition coefficient (Wildman–Crippen LogP) is 2.88. The Hall–Kier alpha value is -1.82. The lowest BCUT2D eigenvalue weighted by Gasteiger charge is -2.21.